The summed E-state index contributed by atoms with van der Waals surface area (Å²) < 4.78 is 14.5. The third kappa shape index (κ3) is 2.60. The molecule has 86 valence electrons. The van der Waals surface area contributed by atoms with Crippen LogP contribution in [0.4, 0.5) is 4.39 Å². The lowest BCUT2D eigenvalue weighted by Gasteiger charge is -1.99. The summed E-state index contributed by atoms with van der Waals surface area (Å²) in [5.74, 6) is -0.837. The molecule has 2 rings (SSSR count). The topological polar surface area (TPSA) is 34.9 Å². The minimum Gasteiger partial charge on any atom is -0.267 e. The Bertz CT molecular complexity index is 544. The van der Waals surface area contributed by atoms with Gasteiger partial charge >= 0.3 is 0 Å². The quantitative estimate of drug-likeness (QED) is 0.768. The zero-order valence-electron chi connectivity index (χ0n) is 8.68. The predicted octanol–water partition coefficient (Wildman–Crippen LogP) is 3.03. The fourth-order valence-corrected chi connectivity index (χ4v) is 1.53. The first kappa shape index (κ1) is 11.5. The van der Waals surface area contributed by atoms with Crippen LogP contribution in [0.15, 0.2) is 42.7 Å². The van der Waals surface area contributed by atoms with Crippen LogP contribution in [0.2, 0.25) is 5.02 Å². The molecule has 0 fully saturated rings. The number of carbonyl (C=O) groups excluding carboxylic acids is 1. The maximum Gasteiger partial charge on any atom is 0.270 e. The van der Waals surface area contributed by atoms with Crippen LogP contribution in [-0.2, 0) is 0 Å². The number of hydrogen-bond acceptors (Lipinski definition) is 2. The van der Waals surface area contributed by atoms with Crippen LogP contribution >= 0.6 is 11.6 Å². The number of benzene rings is 1. The van der Waals surface area contributed by atoms with Crippen molar-refractivity contribution in [1.82, 2.24) is 9.78 Å². The Morgan fingerprint density at radius 1 is 1.41 bits per heavy atom. The Labute approximate surface area is 102 Å². The molecule has 0 saturated heterocycles. The Hall–Kier alpha value is -1.94. The van der Waals surface area contributed by atoms with Crippen LogP contribution < -0.4 is 0 Å². The third-order valence-electron chi connectivity index (χ3n) is 2.12. The summed E-state index contributed by atoms with van der Waals surface area (Å²) in [4.78, 5) is 11.5. The summed E-state index contributed by atoms with van der Waals surface area (Å²) in [6, 6.07) is 5.97. The summed E-state index contributed by atoms with van der Waals surface area (Å²) in [7, 11) is 0. The van der Waals surface area contributed by atoms with Gasteiger partial charge in [-0.25, -0.2) is 9.07 Å². The largest absolute Gasteiger partial charge is 0.270 e. The van der Waals surface area contributed by atoms with E-state index >= 15 is 0 Å². The van der Waals surface area contributed by atoms with Gasteiger partial charge in [-0.15, -0.1) is 0 Å². The van der Waals surface area contributed by atoms with Crippen LogP contribution in [0.5, 0.6) is 0 Å². The summed E-state index contributed by atoms with van der Waals surface area (Å²) >= 11 is 5.81. The zero-order valence-corrected chi connectivity index (χ0v) is 9.43. The molecule has 0 saturated carbocycles. The maximum absolute atomic E-state index is 13.4. The molecule has 0 aliphatic rings. The summed E-state index contributed by atoms with van der Waals surface area (Å²) in [5, 5.41) is 4.02. The Morgan fingerprint density at radius 2 is 2.24 bits per heavy atom. The van der Waals surface area contributed by atoms with Crippen molar-refractivity contribution in [2.45, 2.75) is 0 Å². The van der Waals surface area contributed by atoms with E-state index < -0.39 is 5.82 Å². The molecule has 5 heteroatoms. The van der Waals surface area contributed by atoms with E-state index in [9.17, 15) is 9.18 Å². The van der Waals surface area contributed by atoms with Crippen LogP contribution in [0.25, 0.3) is 6.08 Å². The van der Waals surface area contributed by atoms with Gasteiger partial charge in [0.2, 0.25) is 0 Å². The standard InChI is InChI=1S/C12H8ClFN2O/c13-10-3-1-4-11(14)9(10)5-6-12(17)16-8-2-7-15-16/h1-8H. The highest BCUT2D eigenvalue weighted by Crippen LogP contribution is 2.20. The minimum atomic E-state index is -0.470. The molecular weight excluding hydrogens is 243 g/mol. The molecule has 17 heavy (non-hydrogen) atoms. The first-order chi connectivity index (χ1) is 8.18. The second kappa shape index (κ2) is 4.93. The number of hydrogen-bond donors (Lipinski definition) is 0. The summed E-state index contributed by atoms with van der Waals surface area (Å²) in [6.45, 7) is 0. The lowest BCUT2D eigenvalue weighted by molar-refractivity contribution is 0.0955. The van der Waals surface area contributed by atoms with Crippen molar-refractivity contribution in [3.63, 3.8) is 0 Å². The van der Waals surface area contributed by atoms with Gasteiger partial charge in [0.1, 0.15) is 5.82 Å². The van der Waals surface area contributed by atoms with Gasteiger partial charge in [-0.2, -0.15) is 5.10 Å². The van der Waals surface area contributed by atoms with Crippen LogP contribution in [0, 0.1) is 5.82 Å². The van der Waals surface area contributed by atoms with E-state index in [0.29, 0.717) is 0 Å². The summed E-state index contributed by atoms with van der Waals surface area (Å²) in [6.07, 6.45) is 5.55. The smallest absolute Gasteiger partial charge is 0.267 e. The highest BCUT2D eigenvalue weighted by molar-refractivity contribution is 6.32. The van der Waals surface area contributed by atoms with E-state index in [0.717, 1.165) is 4.68 Å². The lowest BCUT2D eigenvalue weighted by Crippen LogP contribution is -2.07. The average molecular weight is 251 g/mol. The van der Waals surface area contributed by atoms with Crippen molar-refractivity contribution in [3.8, 4) is 0 Å². The minimum absolute atomic E-state index is 0.190. The molecule has 1 aromatic heterocycles. The molecule has 0 bridgehead atoms. The molecule has 0 unspecified atom stereocenters. The van der Waals surface area contributed by atoms with Crippen LogP contribution in [0.1, 0.15) is 10.4 Å². The molecule has 0 aliphatic carbocycles. The van der Waals surface area contributed by atoms with Crippen LogP contribution in [-0.4, -0.2) is 15.7 Å². The Balaban J connectivity index is 2.24. The number of carbonyl (C=O) groups is 1. The Kier molecular flexibility index (Phi) is 3.35. The average Bonchev–Trinajstić information content (AvgIpc) is 2.81. The van der Waals surface area contributed by atoms with Crippen molar-refractivity contribution >= 4 is 23.6 Å². The SMILES string of the molecule is O=C(C=Cc1c(F)cccc1Cl)n1cccn1. The predicted molar refractivity (Wildman–Crippen MR) is 63.3 cm³/mol. The van der Waals surface area contributed by atoms with Crippen molar-refractivity contribution in [3.05, 3.63) is 59.1 Å². The highest BCUT2D eigenvalue weighted by Gasteiger charge is 2.04. The van der Waals surface area contributed by atoms with E-state index in [1.165, 1.54) is 36.7 Å². The molecule has 1 aromatic carbocycles. The van der Waals surface area contributed by atoms with Gasteiger partial charge in [-0.05, 0) is 24.3 Å². The zero-order chi connectivity index (χ0) is 12.3. The molecule has 3 nitrogen and oxygen atoms in total. The fraction of sp³-hybridized carbons (Fsp3) is 0. The number of halogens is 2. The fourth-order valence-electron chi connectivity index (χ4n) is 1.30. The second-order valence-electron chi connectivity index (χ2n) is 3.26. The molecule has 0 atom stereocenters. The van der Waals surface area contributed by atoms with E-state index in [2.05, 4.69) is 5.10 Å². The molecule has 0 spiro atoms. The molecule has 0 amide bonds. The molecule has 0 N–H and O–H groups in total. The van der Waals surface area contributed by atoms with Gasteiger partial charge in [0, 0.05) is 24.0 Å². The molecule has 0 radical (unpaired) electrons. The van der Waals surface area contributed by atoms with E-state index in [1.807, 2.05) is 0 Å². The van der Waals surface area contributed by atoms with E-state index in [1.54, 1.807) is 12.1 Å². The van der Waals surface area contributed by atoms with E-state index in [-0.39, 0.29) is 16.5 Å². The third-order valence-corrected chi connectivity index (χ3v) is 2.45. The summed E-state index contributed by atoms with van der Waals surface area (Å²) in [5.41, 5.74) is 0.190. The highest BCUT2D eigenvalue weighted by atomic mass is 35.5. The first-order valence-corrected chi connectivity index (χ1v) is 5.22. The molecule has 1 heterocycles. The monoisotopic (exact) mass is 250 g/mol. The van der Waals surface area contributed by atoms with Gasteiger partial charge in [-0.1, -0.05) is 17.7 Å². The van der Waals surface area contributed by atoms with Crippen molar-refractivity contribution < 1.29 is 9.18 Å². The number of aromatic nitrogens is 2. The van der Waals surface area contributed by atoms with Crippen molar-refractivity contribution in [2.75, 3.05) is 0 Å². The number of rotatable bonds is 2. The molecule has 2 aromatic rings. The number of nitrogens with zero attached hydrogens (tertiary/aromatic N) is 2. The van der Waals surface area contributed by atoms with Gasteiger partial charge in [0.05, 0.1) is 5.02 Å². The maximum atomic E-state index is 13.4. The lowest BCUT2D eigenvalue weighted by atomic mass is 10.2. The van der Waals surface area contributed by atoms with Gasteiger partial charge < -0.3 is 0 Å². The van der Waals surface area contributed by atoms with Gasteiger partial charge in [0.25, 0.3) is 5.91 Å². The second-order valence-corrected chi connectivity index (χ2v) is 3.66. The van der Waals surface area contributed by atoms with Crippen LogP contribution in [0.3, 0.4) is 0 Å². The number of allylic oxidation sites excluding steroid dienone is 1. The molecule has 0 aliphatic heterocycles. The van der Waals surface area contributed by atoms with Gasteiger partial charge in [0.15, 0.2) is 0 Å². The van der Waals surface area contributed by atoms with Crippen molar-refractivity contribution in [2.24, 2.45) is 0 Å². The van der Waals surface area contributed by atoms with E-state index in [4.69, 9.17) is 11.6 Å². The van der Waals surface area contributed by atoms with Gasteiger partial charge in [-0.3, -0.25) is 4.79 Å². The first-order valence-electron chi connectivity index (χ1n) is 4.84. The van der Waals surface area contributed by atoms with Crippen molar-refractivity contribution in [1.29, 1.82) is 0 Å². The molecular formula is C12H8ClFN2O. The Morgan fingerprint density at radius 3 is 2.88 bits per heavy atom. The normalized spacial score (nSPS) is 10.9.